The summed E-state index contributed by atoms with van der Waals surface area (Å²) in [5.74, 6) is -0.215. The van der Waals surface area contributed by atoms with Crippen LogP contribution in [0.1, 0.15) is 37.3 Å². The predicted molar refractivity (Wildman–Crippen MR) is 137 cm³/mol. The minimum atomic E-state index is -0.325. The highest BCUT2D eigenvalue weighted by atomic mass is 32.2. The number of aryl methyl sites for hydroxylation is 1. The van der Waals surface area contributed by atoms with E-state index in [1.807, 2.05) is 59.0 Å². The SMILES string of the molecule is Cc1ccc(N2C(=O)S/C(=C\c3cn(CC(=O)N4CCCC[C@H]4C)c4ccccc34)C2=O)cc1. The first kappa shape index (κ1) is 22.5. The van der Waals surface area contributed by atoms with Gasteiger partial charge in [-0.15, -0.1) is 0 Å². The second-order valence-electron chi connectivity index (χ2n) is 9.01. The summed E-state index contributed by atoms with van der Waals surface area (Å²) in [5, 5.41) is 0.641. The summed E-state index contributed by atoms with van der Waals surface area (Å²) in [7, 11) is 0. The van der Waals surface area contributed by atoms with Gasteiger partial charge in [0.1, 0.15) is 6.54 Å². The quantitative estimate of drug-likeness (QED) is 0.463. The highest BCUT2D eigenvalue weighted by Crippen LogP contribution is 2.37. The maximum Gasteiger partial charge on any atom is 0.298 e. The van der Waals surface area contributed by atoms with Gasteiger partial charge in [-0.3, -0.25) is 14.4 Å². The van der Waals surface area contributed by atoms with Gasteiger partial charge in [0.15, 0.2) is 0 Å². The van der Waals surface area contributed by atoms with E-state index in [0.717, 1.165) is 53.2 Å². The third-order valence-corrected chi connectivity index (χ3v) is 7.49. The lowest BCUT2D eigenvalue weighted by atomic mass is 10.0. The van der Waals surface area contributed by atoms with Crippen molar-refractivity contribution in [2.45, 2.75) is 45.7 Å². The van der Waals surface area contributed by atoms with Crippen molar-refractivity contribution in [2.24, 2.45) is 0 Å². The third kappa shape index (κ3) is 4.16. The fourth-order valence-electron chi connectivity index (χ4n) is 4.75. The number of amides is 3. The van der Waals surface area contributed by atoms with Gasteiger partial charge < -0.3 is 9.47 Å². The van der Waals surface area contributed by atoms with Gasteiger partial charge in [-0.25, -0.2) is 4.90 Å². The van der Waals surface area contributed by atoms with Gasteiger partial charge in [-0.1, -0.05) is 35.9 Å². The van der Waals surface area contributed by atoms with E-state index in [0.29, 0.717) is 10.6 Å². The molecule has 3 aromatic rings. The molecule has 7 heteroatoms. The number of hydrogen-bond acceptors (Lipinski definition) is 4. The second kappa shape index (κ2) is 9.14. The second-order valence-corrected chi connectivity index (χ2v) is 10.0. The van der Waals surface area contributed by atoms with E-state index in [-0.39, 0.29) is 29.6 Å². The van der Waals surface area contributed by atoms with Crippen LogP contribution in [0, 0.1) is 6.92 Å². The van der Waals surface area contributed by atoms with E-state index in [1.54, 1.807) is 18.2 Å². The number of benzene rings is 2. The van der Waals surface area contributed by atoms with Gasteiger partial charge in [0, 0.05) is 35.2 Å². The Labute approximate surface area is 203 Å². The lowest BCUT2D eigenvalue weighted by molar-refractivity contribution is -0.135. The van der Waals surface area contributed by atoms with Gasteiger partial charge in [-0.2, -0.15) is 0 Å². The molecule has 6 nitrogen and oxygen atoms in total. The Morgan fingerprint density at radius 2 is 1.85 bits per heavy atom. The molecule has 0 saturated carbocycles. The van der Waals surface area contributed by atoms with Crippen molar-refractivity contribution in [1.82, 2.24) is 9.47 Å². The monoisotopic (exact) mass is 473 g/mol. The number of nitrogens with zero attached hydrogens (tertiary/aromatic N) is 3. The molecule has 3 amide bonds. The lowest BCUT2D eigenvalue weighted by Gasteiger charge is -2.33. The number of aromatic nitrogens is 1. The molecule has 34 heavy (non-hydrogen) atoms. The van der Waals surface area contributed by atoms with Crippen molar-refractivity contribution in [2.75, 3.05) is 11.4 Å². The zero-order valence-corrected chi connectivity index (χ0v) is 20.2. The Hall–Kier alpha value is -3.32. The largest absolute Gasteiger partial charge is 0.338 e. The Morgan fingerprint density at radius 3 is 2.62 bits per heavy atom. The smallest absolute Gasteiger partial charge is 0.298 e. The number of carbonyl (C=O) groups excluding carboxylic acids is 3. The zero-order valence-electron chi connectivity index (χ0n) is 19.4. The molecule has 0 N–H and O–H groups in total. The standard InChI is InChI=1S/C27H27N3O3S/c1-18-10-12-21(13-11-18)30-26(32)24(34-27(30)33)15-20-16-28(23-9-4-3-8-22(20)23)17-25(31)29-14-6-5-7-19(29)2/h3-4,8-13,15-16,19H,5-7,14,17H2,1-2H3/b24-15-/t19-/m1/s1. The minimum Gasteiger partial charge on any atom is -0.338 e. The van der Waals surface area contributed by atoms with Crippen molar-refractivity contribution >= 4 is 51.5 Å². The summed E-state index contributed by atoms with van der Waals surface area (Å²) in [4.78, 5) is 42.4. The molecule has 0 spiro atoms. The number of fused-ring (bicyclic) bond motifs is 1. The van der Waals surface area contributed by atoms with E-state index in [9.17, 15) is 14.4 Å². The van der Waals surface area contributed by atoms with Gasteiger partial charge in [0.05, 0.1) is 10.6 Å². The number of imide groups is 1. The predicted octanol–water partition coefficient (Wildman–Crippen LogP) is 5.59. The van der Waals surface area contributed by atoms with E-state index in [1.165, 1.54) is 11.3 Å². The van der Waals surface area contributed by atoms with Crippen LogP contribution in [0.25, 0.3) is 17.0 Å². The molecule has 2 aliphatic rings. The van der Waals surface area contributed by atoms with Crippen LogP contribution in [0.2, 0.25) is 0 Å². The van der Waals surface area contributed by atoms with E-state index in [2.05, 4.69) is 6.92 Å². The van der Waals surface area contributed by atoms with Crippen LogP contribution in [0.4, 0.5) is 10.5 Å². The number of anilines is 1. The van der Waals surface area contributed by atoms with Crippen LogP contribution in [-0.2, 0) is 16.1 Å². The van der Waals surface area contributed by atoms with Crippen LogP contribution in [0.15, 0.2) is 59.6 Å². The first-order chi connectivity index (χ1) is 16.4. The first-order valence-electron chi connectivity index (χ1n) is 11.6. The Bertz CT molecular complexity index is 1310. The van der Waals surface area contributed by atoms with Crippen molar-refractivity contribution < 1.29 is 14.4 Å². The van der Waals surface area contributed by atoms with Crippen LogP contribution in [-0.4, -0.2) is 39.1 Å². The number of para-hydroxylation sites is 1. The summed E-state index contributed by atoms with van der Waals surface area (Å²) in [6.45, 7) is 5.13. The molecule has 2 aliphatic heterocycles. The van der Waals surface area contributed by atoms with Crippen molar-refractivity contribution in [3.05, 3.63) is 70.8 Å². The fourth-order valence-corrected chi connectivity index (χ4v) is 5.58. The van der Waals surface area contributed by atoms with Gasteiger partial charge in [-0.05, 0) is 69.1 Å². The van der Waals surface area contributed by atoms with E-state index < -0.39 is 0 Å². The van der Waals surface area contributed by atoms with Gasteiger partial charge >= 0.3 is 0 Å². The molecule has 0 aliphatic carbocycles. The number of thioether (sulfide) groups is 1. The molecule has 0 bridgehead atoms. The zero-order chi connectivity index (χ0) is 23.8. The Kier molecular flexibility index (Phi) is 6.04. The maximum atomic E-state index is 13.1. The fraction of sp³-hybridized carbons (Fsp3) is 0.296. The molecule has 1 aromatic heterocycles. The van der Waals surface area contributed by atoms with Crippen molar-refractivity contribution in [3.63, 3.8) is 0 Å². The molecule has 3 heterocycles. The minimum absolute atomic E-state index is 0.110. The van der Waals surface area contributed by atoms with Crippen LogP contribution in [0.3, 0.4) is 0 Å². The summed E-state index contributed by atoms with van der Waals surface area (Å²) in [6.07, 6.45) is 6.94. The summed E-state index contributed by atoms with van der Waals surface area (Å²) in [5.41, 5.74) is 3.39. The Morgan fingerprint density at radius 1 is 1.09 bits per heavy atom. The molecule has 0 unspecified atom stereocenters. The van der Waals surface area contributed by atoms with Crippen LogP contribution < -0.4 is 4.90 Å². The lowest BCUT2D eigenvalue weighted by Crippen LogP contribution is -2.43. The molecule has 2 saturated heterocycles. The number of piperidine rings is 1. The highest BCUT2D eigenvalue weighted by Gasteiger charge is 2.36. The normalized spacial score (nSPS) is 20.1. The molecule has 5 rings (SSSR count). The summed E-state index contributed by atoms with van der Waals surface area (Å²) >= 11 is 0.945. The topological polar surface area (TPSA) is 62.6 Å². The number of rotatable bonds is 4. The first-order valence-corrected chi connectivity index (χ1v) is 12.5. The number of carbonyl (C=O) groups is 3. The molecular weight excluding hydrogens is 446 g/mol. The van der Waals surface area contributed by atoms with Gasteiger partial charge in [0.25, 0.3) is 11.1 Å². The third-order valence-electron chi connectivity index (χ3n) is 6.62. The highest BCUT2D eigenvalue weighted by molar-refractivity contribution is 8.19. The van der Waals surface area contributed by atoms with Crippen LogP contribution in [0.5, 0.6) is 0 Å². The number of hydrogen-bond donors (Lipinski definition) is 0. The van der Waals surface area contributed by atoms with E-state index >= 15 is 0 Å². The molecule has 1 atom stereocenters. The van der Waals surface area contributed by atoms with Crippen molar-refractivity contribution in [1.29, 1.82) is 0 Å². The molecule has 2 aromatic carbocycles. The molecular formula is C27H27N3O3S. The Balaban J connectivity index is 1.45. The average Bonchev–Trinajstić information content (AvgIpc) is 3.31. The molecule has 174 valence electrons. The molecule has 2 fully saturated rings. The molecule has 0 radical (unpaired) electrons. The summed E-state index contributed by atoms with van der Waals surface area (Å²) < 4.78 is 1.95. The van der Waals surface area contributed by atoms with Crippen LogP contribution >= 0.6 is 11.8 Å². The maximum absolute atomic E-state index is 13.1. The van der Waals surface area contributed by atoms with E-state index in [4.69, 9.17) is 0 Å². The van der Waals surface area contributed by atoms with Crippen molar-refractivity contribution in [3.8, 4) is 0 Å². The average molecular weight is 474 g/mol. The van der Waals surface area contributed by atoms with Gasteiger partial charge in [0.2, 0.25) is 5.91 Å². The summed E-state index contributed by atoms with van der Waals surface area (Å²) in [6, 6.07) is 15.5. The number of likely N-dealkylation sites (tertiary alicyclic amines) is 1.